The fourth-order valence-corrected chi connectivity index (χ4v) is 4.00. The van der Waals surface area contributed by atoms with Gasteiger partial charge >= 0.3 is 0 Å². The second-order valence-electron chi connectivity index (χ2n) is 7.45. The molecule has 2 N–H and O–H groups in total. The van der Waals surface area contributed by atoms with E-state index in [4.69, 9.17) is 9.73 Å². The maximum Gasteiger partial charge on any atom is 0.162 e. The van der Waals surface area contributed by atoms with Gasteiger partial charge in [0.05, 0.1) is 6.61 Å². The number of phenols is 1. The number of benzene rings is 3. The number of aromatic hydroxyl groups is 1. The maximum atomic E-state index is 10.8. The third kappa shape index (κ3) is 4.42. The Morgan fingerprint density at radius 2 is 1.80 bits per heavy atom. The van der Waals surface area contributed by atoms with Crippen molar-refractivity contribution in [2.75, 3.05) is 6.61 Å². The number of aryl methyl sites for hydroxylation is 1. The zero-order valence-electron chi connectivity index (χ0n) is 17.1. The van der Waals surface area contributed by atoms with Crippen LogP contribution in [0.1, 0.15) is 47.8 Å². The van der Waals surface area contributed by atoms with E-state index >= 15 is 0 Å². The largest absolute Gasteiger partial charge is 0.504 e. The number of aliphatic imine (C=N–C) groups is 1. The molecule has 1 aliphatic heterocycles. The zero-order chi connectivity index (χ0) is 21.1. The van der Waals surface area contributed by atoms with Crippen molar-refractivity contribution in [2.24, 2.45) is 4.99 Å². The van der Waals surface area contributed by atoms with Crippen molar-refractivity contribution in [3.8, 4) is 11.5 Å². The molecule has 0 bridgehead atoms. The summed E-state index contributed by atoms with van der Waals surface area (Å²) in [5.41, 5.74) is 5.23. The molecule has 1 heterocycles. The van der Waals surface area contributed by atoms with Gasteiger partial charge in [-0.2, -0.15) is 0 Å². The Hall–Kier alpha value is -2.63. The lowest BCUT2D eigenvalue weighted by molar-refractivity contribution is 0.313. The summed E-state index contributed by atoms with van der Waals surface area (Å²) in [5, 5.41) is 14.5. The van der Waals surface area contributed by atoms with Crippen LogP contribution in [0.2, 0.25) is 0 Å². The van der Waals surface area contributed by atoms with Crippen LogP contribution in [0, 0.1) is 6.92 Å². The minimum absolute atomic E-state index is 0.0899. The van der Waals surface area contributed by atoms with E-state index in [1.807, 2.05) is 31.2 Å². The number of nitrogens with one attached hydrogen (secondary N) is 1. The molecule has 154 valence electrons. The summed E-state index contributed by atoms with van der Waals surface area (Å²) in [7, 11) is 0. The van der Waals surface area contributed by atoms with Crippen LogP contribution in [0.15, 0.2) is 76.2 Å². The van der Waals surface area contributed by atoms with Gasteiger partial charge in [-0.3, -0.25) is 10.3 Å². The second kappa shape index (κ2) is 9.02. The lowest BCUT2D eigenvalue weighted by Gasteiger charge is -2.31. The van der Waals surface area contributed by atoms with Gasteiger partial charge in [-0.05, 0) is 43.2 Å². The topological polar surface area (TPSA) is 53.8 Å². The first kappa shape index (κ1) is 20.6. The number of hydrogen-bond donors (Lipinski definition) is 2. The number of rotatable bonds is 5. The van der Waals surface area contributed by atoms with E-state index in [2.05, 4.69) is 64.6 Å². The van der Waals surface area contributed by atoms with Crippen molar-refractivity contribution in [2.45, 2.75) is 32.5 Å². The molecule has 3 aromatic rings. The lowest BCUT2D eigenvalue weighted by Crippen LogP contribution is -2.33. The molecular formula is C25H25BrN2O2. The van der Waals surface area contributed by atoms with Gasteiger partial charge in [0.15, 0.2) is 11.5 Å². The highest BCUT2D eigenvalue weighted by Gasteiger charge is 2.28. The molecule has 0 spiro atoms. The van der Waals surface area contributed by atoms with Gasteiger partial charge in [0.1, 0.15) is 6.17 Å². The van der Waals surface area contributed by atoms with Crippen LogP contribution < -0.4 is 10.1 Å². The summed E-state index contributed by atoms with van der Waals surface area (Å²) in [6.45, 7) is 4.50. The number of para-hydroxylation sites is 1. The fourth-order valence-electron chi connectivity index (χ4n) is 3.74. The normalized spacial score (nSPS) is 18.7. The monoisotopic (exact) mass is 464 g/mol. The standard InChI is InChI=1S/C25H25BrN2O2/c1-3-30-23-6-4-5-20(24(23)29)22-15-21(17-11-13-19(26)14-12-17)27-25(28-22)18-9-7-16(2)8-10-18/h4-14,22,25,28-29H,3,15H2,1-2H3/t22-,25-/m0/s1. The predicted octanol–water partition coefficient (Wildman–Crippen LogP) is 6.08. The molecule has 4 rings (SSSR count). The molecule has 0 unspecified atom stereocenters. The Kier molecular flexibility index (Phi) is 6.21. The average Bonchev–Trinajstić information content (AvgIpc) is 2.76. The third-order valence-electron chi connectivity index (χ3n) is 5.32. The number of halogens is 1. The van der Waals surface area contributed by atoms with Crippen molar-refractivity contribution in [3.63, 3.8) is 0 Å². The van der Waals surface area contributed by atoms with Crippen LogP contribution in [0.3, 0.4) is 0 Å². The Morgan fingerprint density at radius 1 is 1.07 bits per heavy atom. The van der Waals surface area contributed by atoms with Crippen molar-refractivity contribution in [1.29, 1.82) is 0 Å². The van der Waals surface area contributed by atoms with Crippen molar-refractivity contribution in [1.82, 2.24) is 5.32 Å². The van der Waals surface area contributed by atoms with Crippen LogP contribution in [-0.2, 0) is 0 Å². The quantitative estimate of drug-likeness (QED) is 0.480. The molecule has 0 saturated heterocycles. The summed E-state index contributed by atoms with van der Waals surface area (Å²) in [5.74, 6) is 0.702. The number of hydrogen-bond acceptors (Lipinski definition) is 4. The first-order chi connectivity index (χ1) is 14.5. The van der Waals surface area contributed by atoms with Gasteiger partial charge in [0, 0.05) is 28.2 Å². The van der Waals surface area contributed by atoms with Crippen LogP contribution in [0.5, 0.6) is 11.5 Å². The number of ether oxygens (including phenoxy) is 1. The van der Waals surface area contributed by atoms with Gasteiger partial charge in [0.2, 0.25) is 0 Å². The van der Waals surface area contributed by atoms with Crippen molar-refractivity contribution in [3.05, 3.63) is 93.5 Å². The van der Waals surface area contributed by atoms with Crippen LogP contribution in [0.25, 0.3) is 0 Å². The molecular weight excluding hydrogens is 440 g/mol. The molecule has 3 aromatic carbocycles. The number of phenolic OH excluding ortho intramolecular Hbond substituents is 1. The summed E-state index contributed by atoms with van der Waals surface area (Å²) in [4.78, 5) is 5.02. The molecule has 0 amide bonds. The summed E-state index contributed by atoms with van der Waals surface area (Å²) < 4.78 is 6.64. The van der Waals surface area contributed by atoms with Gasteiger partial charge in [-0.25, -0.2) is 0 Å². The van der Waals surface area contributed by atoms with Crippen LogP contribution in [0.4, 0.5) is 0 Å². The highest BCUT2D eigenvalue weighted by atomic mass is 79.9. The van der Waals surface area contributed by atoms with E-state index in [1.54, 1.807) is 6.07 Å². The second-order valence-corrected chi connectivity index (χ2v) is 8.36. The summed E-state index contributed by atoms with van der Waals surface area (Å²) >= 11 is 3.51. The van der Waals surface area contributed by atoms with Gasteiger partial charge in [-0.15, -0.1) is 0 Å². The van der Waals surface area contributed by atoms with Crippen LogP contribution >= 0.6 is 15.9 Å². The van der Waals surface area contributed by atoms with Crippen molar-refractivity contribution >= 4 is 21.6 Å². The minimum atomic E-state index is -0.196. The van der Waals surface area contributed by atoms with Gasteiger partial charge in [0.25, 0.3) is 0 Å². The van der Waals surface area contributed by atoms with E-state index in [-0.39, 0.29) is 18.0 Å². The highest BCUT2D eigenvalue weighted by Crippen LogP contribution is 2.39. The smallest absolute Gasteiger partial charge is 0.162 e. The van der Waals surface area contributed by atoms with Crippen molar-refractivity contribution < 1.29 is 9.84 Å². The molecule has 1 aliphatic rings. The predicted molar refractivity (Wildman–Crippen MR) is 124 cm³/mol. The summed E-state index contributed by atoms with van der Waals surface area (Å²) in [6.07, 6.45) is 0.478. The van der Waals surface area contributed by atoms with Gasteiger partial charge in [-0.1, -0.05) is 70.0 Å². The molecule has 2 atom stereocenters. The van der Waals surface area contributed by atoms with Gasteiger partial charge < -0.3 is 9.84 Å². The van der Waals surface area contributed by atoms with E-state index in [0.29, 0.717) is 18.8 Å². The van der Waals surface area contributed by atoms with E-state index < -0.39 is 0 Å². The molecule has 0 fully saturated rings. The molecule has 0 saturated carbocycles. The third-order valence-corrected chi connectivity index (χ3v) is 5.85. The average molecular weight is 465 g/mol. The molecule has 5 heteroatoms. The lowest BCUT2D eigenvalue weighted by atomic mass is 9.93. The highest BCUT2D eigenvalue weighted by molar-refractivity contribution is 9.10. The van der Waals surface area contributed by atoms with Crippen LogP contribution in [-0.4, -0.2) is 17.4 Å². The summed E-state index contributed by atoms with van der Waals surface area (Å²) in [6, 6.07) is 22.2. The SMILES string of the molecule is CCOc1cccc([C@@H]2CC(c3ccc(Br)cc3)=N[C@H](c3ccc(C)cc3)N2)c1O. The molecule has 4 nitrogen and oxygen atoms in total. The fraction of sp³-hybridized carbons (Fsp3) is 0.240. The Bertz CT molecular complexity index is 1050. The van der Waals surface area contributed by atoms with E-state index in [0.717, 1.165) is 26.9 Å². The minimum Gasteiger partial charge on any atom is -0.504 e. The Labute approximate surface area is 185 Å². The first-order valence-corrected chi connectivity index (χ1v) is 10.9. The Morgan fingerprint density at radius 3 is 2.50 bits per heavy atom. The molecule has 30 heavy (non-hydrogen) atoms. The molecule has 0 aliphatic carbocycles. The van der Waals surface area contributed by atoms with E-state index in [9.17, 15) is 5.11 Å². The first-order valence-electron chi connectivity index (χ1n) is 10.1. The van der Waals surface area contributed by atoms with E-state index in [1.165, 1.54) is 5.56 Å². The molecule has 0 radical (unpaired) electrons. The molecule has 0 aromatic heterocycles. The Balaban J connectivity index is 1.74. The maximum absolute atomic E-state index is 10.8. The zero-order valence-corrected chi connectivity index (χ0v) is 18.7. The number of nitrogens with zero attached hydrogens (tertiary/aromatic N) is 1.